The van der Waals surface area contributed by atoms with Crippen LogP contribution in [0.4, 0.5) is 5.69 Å². The lowest BCUT2D eigenvalue weighted by Gasteiger charge is -2.05. The summed E-state index contributed by atoms with van der Waals surface area (Å²) >= 11 is 0. The molecule has 0 amide bonds. The molecule has 0 aliphatic rings. The van der Waals surface area contributed by atoms with E-state index in [0.29, 0.717) is 6.54 Å². The number of nitro groups is 1. The molecule has 0 atom stereocenters. The zero-order chi connectivity index (χ0) is 14.4. The van der Waals surface area contributed by atoms with Gasteiger partial charge in [-0.2, -0.15) is 10.2 Å². The number of aryl methyl sites for hydroxylation is 1. The van der Waals surface area contributed by atoms with Gasteiger partial charge in [0.25, 0.3) is 0 Å². The van der Waals surface area contributed by atoms with E-state index in [-0.39, 0.29) is 31.2 Å². The summed E-state index contributed by atoms with van der Waals surface area (Å²) in [6.07, 6.45) is 5.95. The number of esters is 1. The predicted molar refractivity (Wildman–Crippen MR) is 66.7 cm³/mol. The highest BCUT2D eigenvalue weighted by atomic mass is 16.6. The number of carbonyl (C=O) groups excluding carboxylic acids is 1. The lowest BCUT2D eigenvalue weighted by atomic mass is 10.4. The fourth-order valence-corrected chi connectivity index (χ4v) is 1.53. The molecule has 0 saturated carbocycles. The van der Waals surface area contributed by atoms with Crippen LogP contribution in [0.1, 0.15) is 6.42 Å². The van der Waals surface area contributed by atoms with Crippen LogP contribution in [-0.2, 0) is 22.6 Å². The van der Waals surface area contributed by atoms with Gasteiger partial charge < -0.3 is 4.74 Å². The molecule has 0 saturated heterocycles. The van der Waals surface area contributed by atoms with E-state index in [1.807, 2.05) is 0 Å². The Kier molecular flexibility index (Phi) is 4.43. The van der Waals surface area contributed by atoms with Crippen molar-refractivity contribution in [3.05, 3.63) is 41.0 Å². The van der Waals surface area contributed by atoms with Crippen LogP contribution < -0.4 is 0 Å². The second kappa shape index (κ2) is 6.45. The molecule has 0 N–H and O–H groups in total. The molecule has 0 spiro atoms. The summed E-state index contributed by atoms with van der Waals surface area (Å²) in [4.78, 5) is 21.4. The molecule has 0 aliphatic heterocycles. The van der Waals surface area contributed by atoms with Gasteiger partial charge in [-0.25, -0.2) is 0 Å². The number of aromatic nitrogens is 4. The standard InChI is InChI=1S/C11H13N5O4/c17-11(20-7-6-14-4-1-3-12-14)2-5-15-9-10(8-13-15)16(18)19/h1,3-4,8-9H,2,5-7H2. The van der Waals surface area contributed by atoms with Crippen LogP contribution in [0.5, 0.6) is 0 Å². The Morgan fingerprint density at radius 2 is 2.20 bits per heavy atom. The molecule has 20 heavy (non-hydrogen) atoms. The van der Waals surface area contributed by atoms with Crippen LogP contribution in [0.3, 0.4) is 0 Å². The third-order valence-corrected chi connectivity index (χ3v) is 2.52. The molecule has 0 fully saturated rings. The Morgan fingerprint density at radius 3 is 2.85 bits per heavy atom. The molecule has 0 radical (unpaired) electrons. The first-order chi connectivity index (χ1) is 9.65. The second-order valence-corrected chi connectivity index (χ2v) is 3.96. The maximum atomic E-state index is 11.5. The summed E-state index contributed by atoms with van der Waals surface area (Å²) in [6.45, 7) is 0.972. The fourth-order valence-electron chi connectivity index (χ4n) is 1.53. The molecule has 106 valence electrons. The number of rotatable bonds is 7. The SMILES string of the molecule is O=C(CCn1cc([N+](=O)[O-])cn1)OCCn1cccn1. The Hall–Kier alpha value is -2.71. The van der Waals surface area contributed by atoms with Crippen molar-refractivity contribution < 1.29 is 14.5 Å². The highest BCUT2D eigenvalue weighted by Crippen LogP contribution is 2.08. The quantitative estimate of drug-likeness (QED) is 0.418. The van der Waals surface area contributed by atoms with Gasteiger partial charge in [0.05, 0.1) is 24.4 Å². The van der Waals surface area contributed by atoms with Gasteiger partial charge in [0.15, 0.2) is 0 Å². The van der Waals surface area contributed by atoms with Gasteiger partial charge in [-0.3, -0.25) is 24.3 Å². The molecule has 0 unspecified atom stereocenters. The van der Waals surface area contributed by atoms with Gasteiger partial charge in [-0.05, 0) is 6.07 Å². The van der Waals surface area contributed by atoms with Gasteiger partial charge in [-0.1, -0.05) is 0 Å². The van der Waals surface area contributed by atoms with Crippen molar-refractivity contribution in [1.82, 2.24) is 19.6 Å². The third-order valence-electron chi connectivity index (χ3n) is 2.52. The lowest BCUT2D eigenvalue weighted by molar-refractivity contribution is -0.385. The second-order valence-electron chi connectivity index (χ2n) is 3.96. The first kappa shape index (κ1) is 13.7. The predicted octanol–water partition coefficient (Wildman–Crippen LogP) is 0.621. The van der Waals surface area contributed by atoms with Crippen LogP contribution >= 0.6 is 0 Å². The van der Waals surface area contributed by atoms with Gasteiger partial charge >= 0.3 is 11.7 Å². The number of nitrogens with zero attached hydrogens (tertiary/aromatic N) is 5. The van der Waals surface area contributed by atoms with Crippen molar-refractivity contribution in [2.75, 3.05) is 6.61 Å². The van der Waals surface area contributed by atoms with Crippen molar-refractivity contribution in [2.45, 2.75) is 19.5 Å². The minimum atomic E-state index is -0.536. The first-order valence-corrected chi connectivity index (χ1v) is 5.95. The zero-order valence-corrected chi connectivity index (χ0v) is 10.6. The summed E-state index contributed by atoms with van der Waals surface area (Å²) in [5.74, 6) is -0.379. The largest absolute Gasteiger partial charge is 0.464 e. The van der Waals surface area contributed by atoms with Crippen molar-refractivity contribution >= 4 is 11.7 Å². The van der Waals surface area contributed by atoms with Crippen molar-refractivity contribution in [3.63, 3.8) is 0 Å². The Balaban J connectivity index is 1.67. The molecule has 0 aliphatic carbocycles. The van der Waals surface area contributed by atoms with Gasteiger partial charge in [0.2, 0.25) is 0 Å². The average molecular weight is 279 g/mol. The van der Waals surface area contributed by atoms with Crippen molar-refractivity contribution in [1.29, 1.82) is 0 Å². The molecule has 9 nitrogen and oxygen atoms in total. The van der Waals surface area contributed by atoms with Crippen LogP contribution in [-0.4, -0.2) is 37.1 Å². The van der Waals surface area contributed by atoms with E-state index in [4.69, 9.17) is 4.74 Å². The fraction of sp³-hybridized carbons (Fsp3) is 0.364. The molecule has 0 bridgehead atoms. The Morgan fingerprint density at radius 1 is 1.35 bits per heavy atom. The molecule has 2 heterocycles. The van der Waals surface area contributed by atoms with Gasteiger partial charge in [0.1, 0.15) is 19.0 Å². The van der Waals surface area contributed by atoms with E-state index in [9.17, 15) is 14.9 Å². The third kappa shape index (κ3) is 3.90. The smallest absolute Gasteiger partial charge is 0.307 e. The topological polar surface area (TPSA) is 105 Å². The summed E-state index contributed by atoms with van der Waals surface area (Å²) in [5, 5.41) is 18.2. The highest BCUT2D eigenvalue weighted by molar-refractivity contribution is 5.69. The summed E-state index contributed by atoms with van der Waals surface area (Å²) in [7, 11) is 0. The maximum absolute atomic E-state index is 11.5. The Bertz CT molecular complexity index is 577. The van der Waals surface area contributed by atoms with Crippen molar-refractivity contribution in [3.8, 4) is 0 Å². The average Bonchev–Trinajstić information content (AvgIpc) is 3.07. The number of carbonyl (C=O) groups is 1. The van der Waals surface area contributed by atoms with Gasteiger partial charge in [0, 0.05) is 12.4 Å². The molecule has 9 heteroatoms. The lowest BCUT2D eigenvalue weighted by Crippen LogP contribution is -2.13. The molecular weight excluding hydrogens is 266 g/mol. The number of hydrogen-bond acceptors (Lipinski definition) is 6. The number of ether oxygens (including phenoxy) is 1. The zero-order valence-electron chi connectivity index (χ0n) is 10.6. The first-order valence-electron chi connectivity index (χ1n) is 5.95. The summed E-state index contributed by atoms with van der Waals surface area (Å²) in [5.41, 5.74) is -0.1000. The monoisotopic (exact) mass is 279 g/mol. The number of hydrogen-bond donors (Lipinski definition) is 0. The summed E-state index contributed by atoms with van der Waals surface area (Å²) in [6, 6.07) is 1.78. The van der Waals surface area contributed by atoms with Crippen LogP contribution in [0.25, 0.3) is 0 Å². The van der Waals surface area contributed by atoms with E-state index >= 15 is 0 Å². The minimum Gasteiger partial charge on any atom is -0.464 e. The van der Waals surface area contributed by atoms with E-state index < -0.39 is 4.92 Å². The van der Waals surface area contributed by atoms with Crippen LogP contribution in [0, 0.1) is 10.1 Å². The Labute approximate surface area is 113 Å². The van der Waals surface area contributed by atoms with Crippen LogP contribution in [0.2, 0.25) is 0 Å². The highest BCUT2D eigenvalue weighted by Gasteiger charge is 2.10. The van der Waals surface area contributed by atoms with E-state index in [1.165, 1.54) is 10.9 Å². The van der Waals surface area contributed by atoms with E-state index in [1.54, 1.807) is 23.1 Å². The molecule has 2 aromatic rings. The van der Waals surface area contributed by atoms with E-state index in [0.717, 1.165) is 6.20 Å². The minimum absolute atomic E-state index is 0.1000. The maximum Gasteiger partial charge on any atom is 0.307 e. The van der Waals surface area contributed by atoms with E-state index in [2.05, 4.69) is 10.2 Å². The normalized spacial score (nSPS) is 10.4. The summed E-state index contributed by atoms with van der Waals surface area (Å²) < 4.78 is 8.01. The molecule has 0 aromatic carbocycles. The van der Waals surface area contributed by atoms with Crippen molar-refractivity contribution in [2.24, 2.45) is 0 Å². The van der Waals surface area contributed by atoms with Crippen LogP contribution in [0.15, 0.2) is 30.9 Å². The van der Waals surface area contributed by atoms with Gasteiger partial charge in [-0.15, -0.1) is 0 Å². The molecular formula is C11H13N5O4. The molecule has 2 aromatic heterocycles. The molecule has 2 rings (SSSR count).